The van der Waals surface area contributed by atoms with Gasteiger partial charge in [0.05, 0.1) is 11.4 Å². The van der Waals surface area contributed by atoms with Gasteiger partial charge in [-0.2, -0.15) is 12.8 Å². The molecule has 11 heteroatoms. The lowest BCUT2D eigenvalue weighted by molar-refractivity contribution is -0.403. The van der Waals surface area contributed by atoms with E-state index in [1.807, 2.05) is 6.07 Å². The van der Waals surface area contributed by atoms with Crippen LogP contribution in [0.2, 0.25) is 0 Å². The molecular weight excluding hydrogens is 444 g/mol. The first-order chi connectivity index (χ1) is 14.9. The number of hydrogen-bond acceptors (Lipinski definition) is 9. The van der Waals surface area contributed by atoms with Crippen molar-refractivity contribution >= 4 is 34.0 Å². The summed E-state index contributed by atoms with van der Waals surface area (Å²) in [4.78, 5) is 4.90. The third-order valence-electron chi connectivity index (χ3n) is 3.62. The molecule has 0 spiro atoms. The van der Waals surface area contributed by atoms with Crippen LogP contribution < -0.4 is 9.07 Å². The standard InChI is InChI=1S/C20H18N2O7S2/c1-15(21-30-29-28-26-17-9-5-3-6-10-17)19-13-14-20(25-19)16(2)22-31(23,24)27-18-11-7-4-8-12-18/h3-14H,1-2H3/b21-15+,22-16-. The summed E-state index contributed by atoms with van der Waals surface area (Å²) in [5, 5.41) is 4.58. The Labute approximate surface area is 183 Å². The van der Waals surface area contributed by atoms with E-state index in [0.29, 0.717) is 29.5 Å². The molecule has 0 radical (unpaired) electrons. The normalized spacial score (nSPS) is 12.6. The summed E-state index contributed by atoms with van der Waals surface area (Å²) in [6, 6.07) is 20.1. The van der Waals surface area contributed by atoms with E-state index in [9.17, 15) is 8.42 Å². The predicted octanol–water partition coefficient (Wildman–Crippen LogP) is 4.73. The molecule has 0 saturated heterocycles. The number of benzene rings is 2. The monoisotopic (exact) mass is 462 g/mol. The number of hydrogen-bond donors (Lipinski definition) is 0. The molecule has 0 bridgehead atoms. The van der Waals surface area contributed by atoms with E-state index in [4.69, 9.17) is 17.8 Å². The highest BCUT2D eigenvalue weighted by molar-refractivity contribution is 7.93. The average molecular weight is 463 g/mol. The minimum atomic E-state index is -4.19. The van der Waals surface area contributed by atoms with Gasteiger partial charge >= 0.3 is 10.3 Å². The highest BCUT2D eigenvalue weighted by atomic mass is 32.2. The van der Waals surface area contributed by atoms with E-state index in [1.165, 1.54) is 19.1 Å². The van der Waals surface area contributed by atoms with E-state index in [2.05, 4.69) is 13.8 Å². The summed E-state index contributed by atoms with van der Waals surface area (Å²) < 4.78 is 47.2. The molecule has 2 aromatic carbocycles. The zero-order valence-corrected chi connectivity index (χ0v) is 18.1. The fourth-order valence-corrected chi connectivity index (χ4v) is 3.32. The van der Waals surface area contributed by atoms with Crippen molar-refractivity contribution in [2.75, 3.05) is 0 Å². The molecule has 0 aliphatic carbocycles. The molecule has 1 heterocycles. The lowest BCUT2D eigenvalue weighted by Crippen LogP contribution is -2.09. The number of rotatable bonds is 10. The Hall–Kier alpha value is -3.12. The van der Waals surface area contributed by atoms with Crippen molar-refractivity contribution in [3.63, 3.8) is 0 Å². The highest BCUT2D eigenvalue weighted by Crippen LogP contribution is 2.17. The van der Waals surface area contributed by atoms with Crippen molar-refractivity contribution in [2.45, 2.75) is 13.8 Å². The van der Waals surface area contributed by atoms with Crippen LogP contribution in [0.1, 0.15) is 25.4 Å². The van der Waals surface area contributed by atoms with Crippen LogP contribution >= 0.6 is 12.2 Å². The van der Waals surface area contributed by atoms with E-state index in [1.54, 1.807) is 61.5 Å². The molecule has 3 rings (SSSR count). The van der Waals surface area contributed by atoms with Gasteiger partial charge in [0.15, 0.2) is 18.0 Å². The zero-order chi connectivity index (χ0) is 22.1. The van der Waals surface area contributed by atoms with Crippen LogP contribution in [0, 0.1) is 0 Å². The number of nitrogens with zero attached hydrogens (tertiary/aromatic N) is 2. The average Bonchev–Trinajstić information content (AvgIpc) is 3.25. The molecule has 0 fully saturated rings. The van der Waals surface area contributed by atoms with Crippen molar-refractivity contribution in [3.8, 4) is 11.5 Å². The Kier molecular flexibility index (Phi) is 7.84. The summed E-state index contributed by atoms with van der Waals surface area (Å²) in [6.07, 6.45) is 0. The van der Waals surface area contributed by atoms with Crippen molar-refractivity contribution in [2.24, 2.45) is 8.80 Å². The minimum absolute atomic E-state index is 0.124. The third kappa shape index (κ3) is 7.26. The van der Waals surface area contributed by atoms with Crippen molar-refractivity contribution in [1.29, 1.82) is 0 Å². The fraction of sp³-hybridized carbons (Fsp3) is 0.100. The Balaban J connectivity index is 1.55. The van der Waals surface area contributed by atoms with Crippen LogP contribution in [0.4, 0.5) is 0 Å². The van der Waals surface area contributed by atoms with Gasteiger partial charge < -0.3 is 13.5 Å². The predicted molar refractivity (Wildman–Crippen MR) is 116 cm³/mol. The van der Waals surface area contributed by atoms with Crippen LogP contribution in [-0.4, -0.2) is 19.8 Å². The molecule has 162 valence electrons. The van der Waals surface area contributed by atoms with Gasteiger partial charge in [0.1, 0.15) is 17.3 Å². The maximum atomic E-state index is 12.1. The van der Waals surface area contributed by atoms with Crippen LogP contribution in [0.3, 0.4) is 0 Å². The lowest BCUT2D eigenvalue weighted by Gasteiger charge is -2.03. The minimum Gasteiger partial charge on any atom is -0.453 e. The van der Waals surface area contributed by atoms with E-state index in [-0.39, 0.29) is 17.2 Å². The summed E-state index contributed by atoms with van der Waals surface area (Å²) in [6.45, 7) is 3.17. The molecule has 0 atom stereocenters. The molecule has 0 N–H and O–H groups in total. The Morgan fingerprint density at radius 2 is 1.42 bits per heavy atom. The van der Waals surface area contributed by atoms with Crippen LogP contribution in [0.5, 0.6) is 11.5 Å². The second kappa shape index (κ2) is 10.8. The SMILES string of the molecule is C/C(=N/S(=O)(=O)Oc1ccccc1)c1ccc(/C(C)=N/SOOOc2ccccc2)o1. The maximum Gasteiger partial charge on any atom is 0.428 e. The quantitative estimate of drug-likeness (QED) is 0.106. The van der Waals surface area contributed by atoms with E-state index < -0.39 is 10.3 Å². The van der Waals surface area contributed by atoms with Gasteiger partial charge in [-0.25, -0.2) is 0 Å². The van der Waals surface area contributed by atoms with Crippen LogP contribution in [0.25, 0.3) is 0 Å². The summed E-state index contributed by atoms with van der Waals surface area (Å²) in [5.74, 6) is 1.28. The number of furan rings is 1. The highest BCUT2D eigenvalue weighted by Gasteiger charge is 2.15. The van der Waals surface area contributed by atoms with Crippen molar-refractivity contribution < 1.29 is 31.3 Å². The van der Waals surface area contributed by atoms with Gasteiger partial charge in [-0.05, 0) is 50.2 Å². The van der Waals surface area contributed by atoms with Crippen molar-refractivity contribution in [3.05, 3.63) is 84.3 Å². The van der Waals surface area contributed by atoms with Gasteiger partial charge in [-0.1, -0.05) is 40.7 Å². The number of para-hydroxylation sites is 2. The molecule has 0 aliphatic heterocycles. The van der Waals surface area contributed by atoms with Gasteiger partial charge in [0.25, 0.3) is 0 Å². The van der Waals surface area contributed by atoms with Gasteiger partial charge in [0.2, 0.25) is 0 Å². The first kappa shape index (κ1) is 22.6. The van der Waals surface area contributed by atoms with E-state index in [0.717, 1.165) is 0 Å². The fourth-order valence-electron chi connectivity index (χ4n) is 2.21. The molecule has 9 nitrogen and oxygen atoms in total. The Morgan fingerprint density at radius 3 is 2.06 bits per heavy atom. The topological polar surface area (TPSA) is 109 Å². The molecule has 0 aliphatic rings. The van der Waals surface area contributed by atoms with Gasteiger partial charge in [-0.15, -0.1) is 4.40 Å². The van der Waals surface area contributed by atoms with Crippen LogP contribution in [0.15, 0.2) is 86.0 Å². The Morgan fingerprint density at radius 1 is 0.839 bits per heavy atom. The summed E-state index contributed by atoms with van der Waals surface area (Å²) in [7, 11) is -4.19. The van der Waals surface area contributed by atoms with Gasteiger partial charge in [0, 0.05) is 5.04 Å². The second-order valence-corrected chi connectivity index (χ2v) is 7.62. The van der Waals surface area contributed by atoms with Gasteiger partial charge in [-0.3, -0.25) is 0 Å². The molecular formula is C20H18N2O7S2. The third-order valence-corrected chi connectivity index (χ3v) is 4.98. The first-order valence-corrected chi connectivity index (χ1v) is 10.9. The Bertz CT molecular complexity index is 1140. The zero-order valence-electron chi connectivity index (χ0n) is 16.5. The largest absolute Gasteiger partial charge is 0.453 e. The molecule has 1 aromatic heterocycles. The van der Waals surface area contributed by atoms with Crippen molar-refractivity contribution in [1.82, 2.24) is 0 Å². The molecule has 0 unspecified atom stereocenters. The van der Waals surface area contributed by atoms with Crippen LogP contribution in [-0.2, 0) is 19.7 Å². The summed E-state index contributed by atoms with van der Waals surface area (Å²) >= 11 is 0.639. The molecule has 31 heavy (non-hydrogen) atoms. The smallest absolute Gasteiger partial charge is 0.428 e. The molecule has 3 aromatic rings. The van der Waals surface area contributed by atoms with E-state index >= 15 is 0 Å². The maximum absolute atomic E-state index is 12.1. The first-order valence-electron chi connectivity index (χ1n) is 8.86. The molecule has 0 saturated carbocycles. The summed E-state index contributed by atoms with van der Waals surface area (Å²) in [5.41, 5.74) is 0.592. The molecule has 0 amide bonds. The lowest BCUT2D eigenvalue weighted by atomic mass is 10.3. The second-order valence-electron chi connectivity index (χ2n) is 5.95.